The van der Waals surface area contributed by atoms with E-state index >= 15 is 0 Å². The van der Waals surface area contributed by atoms with Crippen LogP contribution in [0.5, 0.6) is 0 Å². The zero-order chi connectivity index (χ0) is 9.56. The molecular weight excluding hydrogens is 160 g/mol. The minimum atomic E-state index is -0.662. The van der Waals surface area contributed by atoms with Crippen LogP contribution in [-0.4, -0.2) is 24.6 Å². The molecule has 0 bridgehead atoms. The number of hydrogen-bond donors (Lipinski definition) is 0. The van der Waals surface area contributed by atoms with Gasteiger partial charge in [0, 0.05) is 13.0 Å². The van der Waals surface area contributed by atoms with Crippen molar-refractivity contribution in [1.82, 2.24) is 0 Å². The second kappa shape index (κ2) is 5.71. The van der Waals surface area contributed by atoms with Crippen LogP contribution in [-0.2, 0) is 19.1 Å². The van der Waals surface area contributed by atoms with E-state index < -0.39 is 18.0 Å². The van der Waals surface area contributed by atoms with Crippen LogP contribution < -0.4 is 0 Å². The monoisotopic (exact) mass is 174 g/mol. The topological polar surface area (TPSA) is 52.6 Å². The van der Waals surface area contributed by atoms with Gasteiger partial charge in [-0.15, -0.1) is 0 Å². The molecule has 0 spiro atoms. The maximum atomic E-state index is 10.9. The first-order valence-corrected chi connectivity index (χ1v) is 3.97. The quantitative estimate of drug-likeness (QED) is 0.469. The van der Waals surface area contributed by atoms with E-state index in [1.165, 1.54) is 0 Å². The van der Waals surface area contributed by atoms with E-state index in [-0.39, 0.29) is 6.42 Å². The Hall–Kier alpha value is -0.900. The second-order valence-electron chi connectivity index (χ2n) is 2.24. The third kappa shape index (κ3) is 4.08. The van der Waals surface area contributed by atoms with Crippen LogP contribution >= 0.6 is 0 Å². The molecule has 1 unspecified atom stereocenters. The van der Waals surface area contributed by atoms with Gasteiger partial charge in [0.05, 0.1) is 0 Å². The van der Waals surface area contributed by atoms with Crippen LogP contribution in [0.3, 0.4) is 0 Å². The van der Waals surface area contributed by atoms with Crippen LogP contribution in [0.1, 0.15) is 27.2 Å². The molecule has 0 aromatic heterocycles. The molecule has 0 fully saturated rings. The van der Waals surface area contributed by atoms with Gasteiger partial charge in [-0.3, -0.25) is 4.79 Å². The van der Waals surface area contributed by atoms with Gasteiger partial charge < -0.3 is 9.47 Å². The van der Waals surface area contributed by atoms with Gasteiger partial charge in [-0.25, -0.2) is 4.79 Å². The van der Waals surface area contributed by atoms with Gasteiger partial charge in [-0.1, -0.05) is 6.92 Å². The Labute approximate surface area is 71.8 Å². The summed E-state index contributed by atoms with van der Waals surface area (Å²) in [7, 11) is 0. The molecule has 0 aliphatic heterocycles. The van der Waals surface area contributed by atoms with Crippen LogP contribution in [0.15, 0.2) is 0 Å². The highest BCUT2D eigenvalue weighted by Gasteiger charge is 2.16. The van der Waals surface area contributed by atoms with E-state index in [1.807, 2.05) is 0 Å². The zero-order valence-corrected chi connectivity index (χ0v) is 7.62. The van der Waals surface area contributed by atoms with Crippen LogP contribution in [0.25, 0.3) is 0 Å². The number of hydrogen-bond acceptors (Lipinski definition) is 4. The van der Waals surface area contributed by atoms with Crippen molar-refractivity contribution < 1.29 is 19.1 Å². The van der Waals surface area contributed by atoms with Gasteiger partial charge in [0.15, 0.2) is 6.10 Å². The fraction of sp³-hybridized carbons (Fsp3) is 0.750. The predicted molar refractivity (Wildman–Crippen MR) is 42.5 cm³/mol. The summed E-state index contributed by atoms with van der Waals surface area (Å²) in [6, 6.07) is 0. The molecule has 0 saturated carbocycles. The lowest BCUT2D eigenvalue weighted by atomic mass is 10.4. The van der Waals surface area contributed by atoms with E-state index in [4.69, 9.17) is 4.74 Å². The number of esters is 2. The molecule has 4 nitrogen and oxygen atoms in total. The number of carbonyl (C=O) groups is 2. The summed E-state index contributed by atoms with van der Waals surface area (Å²) in [5.41, 5.74) is 0. The van der Waals surface area contributed by atoms with E-state index in [2.05, 4.69) is 4.74 Å². The highest BCUT2D eigenvalue weighted by Crippen LogP contribution is 1.95. The minimum Gasteiger partial charge on any atom is -0.391 e. The van der Waals surface area contributed by atoms with Crippen LogP contribution in [0, 0.1) is 0 Å². The Balaban J connectivity index is 3.78. The largest absolute Gasteiger partial charge is 0.391 e. The molecule has 0 saturated heterocycles. The van der Waals surface area contributed by atoms with E-state index in [0.717, 1.165) is 0 Å². The van der Waals surface area contributed by atoms with Crippen molar-refractivity contribution in [3.8, 4) is 0 Å². The number of carbonyl (C=O) groups excluding carboxylic acids is 2. The molecule has 0 radical (unpaired) electrons. The van der Waals surface area contributed by atoms with Crippen LogP contribution in [0.4, 0.5) is 0 Å². The van der Waals surface area contributed by atoms with Crippen molar-refractivity contribution in [2.75, 3.05) is 6.61 Å². The lowest BCUT2D eigenvalue weighted by Crippen LogP contribution is -2.25. The molecule has 0 heterocycles. The number of rotatable bonds is 4. The van der Waals surface area contributed by atoms with E-state index in [1.54, 1.807) is 20.8 Å². The molecule has 0 aromatic carbocycles. The first kappa shape index (κ1) is 11.1. The SMILES string of the molecule is CCOC(C)C(=O)OC(=O)CC. The minimum absolute atomic E-state index is 0.199. The maximum absolute atomic E-state index is 10.9. The molecule has 0 amide bonds. The predicted octanol–water partition coefficient (Wildman–Crippen LogP) is 0.891. The fourth-order valence-electron chi connectivity index (χ4n) is 0.585. The summed E-state index contributed by atoms with van der Waals surface area (Å²) in [5, 5.41) is 0. The molecule has 4 heteroatoms. The van der Waals surface area contributed by atoms with E-state index in [0.29, 0.717) is 6.61 Å². The average Bonchev–Trinajstić information content (AvgIpc) is 2.04. The Morgan fingerprint density at radius 2 is 1.92 bits per heavy atom. The smallest absolute Gasteiger partial charge is 0.342 e. The van der Waals surface area contributed by atoms with Crippen LogP contribution in [0.2, 0.25) is 0 Å². The third-order valence-corrected chi connectivity index (χ3v) is 1.25. The Morgan fingerprint density at radius 3 is 2.33 bits per heavy atom. The number of ether oxygens (including phenoxy) is 2. The zero-order valence-electron chi connectivity index (χ0n) is 7.62. The highest BCUT2D eigenvalue weighted by molar-refractivity contribution is 5.87. The van der Waals surface area contributed by atoms with Crippen molar-refractivity contribution in [2.24, 2.45) is 0 Å². The van der Waals surface area contributed by atoms with Crippen molar-refractivity contribution in [3.05, 3.63) is 0 Å². The van der Waals surface area contributed by atoms with E-state index in [9.17, 15) is 9.59 Å². The highest BCUT2D eigenvalue weighted by atomic mass is 16.6. The van der Waals surface area contributed by atoms with Gasteiger partial charge >= 0.3 is 11.9 Å². The summed E-state index contributed by atoms with van der Waals surface area (Å²) >= 11 is 0. The summed E-state index contributed by atoms with van der Waals surface area (Å²) in [6.07, 6.45) is -0.463. The van der Waals surface area contributed by atoms with Crippen molar-refractivity contribution in [3.63, 3.8) is 0 Å². The molecule has 0 aliphatic rings. The Morgan fingerprint density at radius 1 is 1.33 bits per heavy atom. The molecule has 0 N–H and O–H groups in total. The Bertz CT molecular complexity index is 164. The van der Waals surface area contributed by atoms with Crippen molar-refractivity contribution in [2.45, 2.75) is 33.3 Å². The van der Waals surface area contributed by atoms with Gasteiger partial charge in [-0.05, 0) is 13.8 Å². The molecule has 70 valence electrons. The first-order valence-electron chi connectivity index (χ1n) is 3.97. The first-order chi connectivity index (χ1) is 5.61. The second-order valence-corrected chi connectivity index (χ2v) is 2.24. The third-order valence-electron chi connectivity index (χ3n) is 1.25. The average molecular weight is 174 g/mol. The molecule has 0 aromatic rings. The van der Waals surface area contributed by atoms with Crippen molar-refractivity contribution in [1.29, 1.82) is 0 Å². The summed E-state index contributed by atoms with van der Waals surface area (Å²) in [5.74, 6) is -1.14. The molecule has 12 heavy (non-hydrogen) atoms. The summed E-state index contributed by atoms with van der Waals surface area (Å²) in [6.45, 7) is 5.37. The summed E-state index contributed by atoms with van der Waals surface area (Å²) in [4.78, 5) is 21.6. The standard InChI is InChI=1S/C8H14O4/c1-4-7(9)12-8(10)6(3)11-5-2/h6H,4-5H2,1-3H3. The molecule has 0 aliphatic carbocycles. The lowest BCUT2D eigenvalue weighted by molar-refractivity contribution is -0.167. The molecule has 1 atom stereocenters. The fourth-order valence-corrected chi connectivity index (χ4v) is 0.585. The van der Waals surface area contributed by atoms with Gasteiger partial charge in [-0.2, -0.15) is 0 Å². The summed E-state index contributed by atoms with van der Waals surface area (Å²) < 4.78 is 9.33. The maximum Gasteiger partial charge on any atom is 0.342 e. The van der Waals surface area contributed by atoms with Gasteiger partial charge in [0.25, 0.3) is 0 Å². The van der Waals surface area contributed by atoms with Gasteiger partial charge in [0.2, 0.25) is 0 Å². The Kier molecular flexibility index (Phi) is 5.28. The van der Waals surface area contributed by atoms with Crippen molar-refractivity contribution >= 4 is 11.9 Å². The molecular formula is C8H14O4. The normalized spacial score (nSPS) is 12.2. The van der Waals surface area contributed by atoms with Gasteiger partial charge in [0.1, 0.15) is 0 Å². The lowest BCUT2D eigenvalue weighted by Gasteiger charge is -2.08. The molecule has 0 rings (SSSR count).